The van der Waals surface area contributed by atoms with Crippen LogP contribution in [0.25, 0.3) is 0 Å². The predicted octanol–water partition coefficient (Wildman–Crippen LogP) is 7.37. The van der Waals surface area contributed by atoms with Crippen LogP contribution in [0.1, 0.15) is 67.3 Å². The normalized spacial score (nSPS) is 17.4. The van der Waals surface area contributed by atoms with Crippen LogP contribution < -0.4 is 10.1 Å². The standard InChI is InChI=1S/C18H23ClN2O2.C10H11F3O.C2H6O/c19-17-11-16(2-1-14(17)12-22)20-15-3-5-18(6-4-15)7-9-21(13-23)10-8-18;1-7(10(11,12)13)8-4-3-5-9(6-8)14-2;1-3-2/h1-2,11-13,15,20H,3-10H2;3-7H,1-2H3;1-2H3. The van der Waals surface area contributed by atoms with Crippen molar-refractivity contribution in [3.63, 3.8) is 0 Å². The molecule has 1 spiro atoms. The molecule has 10 heteroatoms. The van der Waals surface area contributed by atoms with E-state index in [-0.39, 0.29) is 5.56 Å². The third-order valence-electron chi connectivity index (χ3n) is 7.64. The number of alkyl halides is 3. The number of halogens is 4. The SMILES string of the molecule is COC.COc1cccc(C(C)C(F)(F)F)c1.O=Cc1ccc(NC2CCC3(CC2)CCN(C=O)CC3)cc1Cl. The number of hydrogen-bond donors (Lipinski definition) is 1. The Kier molecular flexibility index (Phi) is 13.3. The molecule has 40 heavy (non-hydrogen) atoms. The highest BCUT2D eigenvalue weighted by Gasteiger charge is 2.38. The highest BCUT2D eigenvalue weighted by Crippen LogP contribution is 2.45. The second kappa shape index (κ2) is 15.9. The molecule has 2 aromatic rings. The Labute approximate surface area is 240 Å². The van der Waals surface area contributed by atoms with Crippen LogP contribution in [0.2, 0.25) is 5.02 Å². The zero-order valence-corrected chi connectivity index (χ0v) is 24.4. The molecular weight excluding hydrogens is 545 g/mol. The monoisotopic (exact) mass is 584 g/mol. The van der Waals surface area contributed by atoms with E-state index in [1.54, 1.807) is 32.4 Å². The number of nitrogens with one attached hydrogen (secondary N) is 1. The van der Waals surface area contributed by atoms with Crippen LogP contribution in [0.5, 0.6) is 5.75 Å². The lowest BCUT2D eigenvalue weighted by molar-refractivity contribution is -0.146. The fourth-order valence-electron chi connectivity index (χ4n) is 5.03. The fraction of sp³-hybridized carbons (Fsp3) is 0.533. The average Bonchev–Trinajstić information content (AvgIpc) is 2.95. The van der Waals surface area contributed by atoms with Gasteiger partial charge in [0.2, 0.25) is 6.41 Å². The molecular formula is C30H40ClF3N2O4. The van der Waals surface area contributed by atoms with Crippen molar-refractivity contribution in [2.75, 3.05) is 39.7 Å². The summed E-state index contributed by atoms with van der Waals surface area (Å²) in [5.41, 5.74) is 2.17. The number of benzene rings is 2. The minimum atomic E-state index is -4.20. The number of rotatable bonds is 6. The Balaban J connectivity index is 0.000000282. The number of piperidine rings is 1. The lowest BCUT2D eigenvalue weighted by Crippen LogP contribution is -2.42. The van der Waals surface area contributed by atoms with Crippen molar-refractivity contribution in [1.29, 1.82) is 0 Å². The van der Waals surface area contributed by atoms with Crippen LogP contribution in [0.15, 0.2) is 42.5 Å². The second-order valence-electron chi connectivity index (χ2n) is 10.4. The molecule has 1 atom stereocenters. The van der Waals surface area contributed by atoms with Gasteiger partial charge in [-0.2, -0.15) is 13.2 Å². The van der Waals surface area contributed by atoms with E-state index in [0.29, 0.717) is 27.8 Å². The van der Waals surface area contributed by atoms with Gasteiger partial charge in [0.25, 0.3) is 0 Å². The topological polar surface area (TPSA) is 67.9 Å². The molecule has 1 aliphatic carbocycles. The van der Waals surface area contributed by atoms with E-state index in [0.717, 1.165) is 64.1 Å². The van der Waals surface area contributed by atoms with E-state index >= 15 is 0 Å². The molecule has 6 nitrogen and oxygen atoms in total. The lowest BCUT2D eigenvalue weighted by atomic mass is 9.67. The first-order chi connectivity index (χ1) is 19.0. The Hall–Kier alpha value is -2.78. The first kappa shape index (κ1) is 33.4. The Bertz CT molecular complexity index is 1070. The number of anilines is 1. The fourth-order valence-corrected chi connectivity index (χ4v) is 5.25. The molecule has 1 saturated carbocycles. The number of carbonyl (C=O) groups excluding carboxylic acids is 2. The summed E-state index contributed by atoms with van der Waals surface area (Å²) in [6, 6.07) is 12.0. The average molecular weight is 585 g/mol. The van der Waals surface area contributed by atoms with E-state index in [4.69, 9.17) is 16.3 Å². The molecule has 0 radical (unpaired) electrons. The van der Waals surface area contributed by atoms with Gasteiger partial charge < -0.3 is 19.7 Å². The van der Waals surface area contributed by atoms with Gasteiger partial charge in [0.1, 0.15) is 5.75 Å². The van der Waals surface area contributed by atoms with Crippen molar-refractivity contribution in [2.45, 2.75) is 63.6 Å². The van der Waals surface area contributed by atoms with Crippen LogP contribution in [0.3, 0.4) is 0 Å². The molecule has 2 aliphatic rings. The molecule has 222 valence electrons. The molecule has 0 aromatic heterocycles. The summed E-state index contributed by atoms with van der Waals surface area (Å²) < 4.78 is 46.1. The summed E-state index contributed by atoms with van der Waals surface area (Å²) in [5, 5.41) is 4.05. The van der Waals surface area contributed by atoms with Gasteiger partial charge in [0.15, 0.2) is 6.29 Å². The molecule has 1 N–H and O–H groups in total. The van der Waals surface area contributed by atoms with Crippen LogP contribution in [0.4, 0.5) is 18.9 Å². The molecule has 1 aliphatic heterocycles. The number of hydrogen-bond acceptors (Lipinski definition) is 5. The van der Waals surface area contributed by atoms with Gasteiger partial charge in [-0.15, -0.1) is 0 Å². The molecule has 1 saturated heterocycles. The zero-order chi connectivity index (χ0) is 29.8. The quantitative estimate of drug-likeness (QED) is 0.359. The number of likely N-dealkylation sites (tertiary alicyclic amines) is 1. The van der Waals surface area contributed by atoms with Gasteiger partial charge >= 0.3 is 6.18 Å². The van der Waals surface area contributed by atoms with E-state index in [2.05, 4.69) is 10.1 Å². The number of aldehydes is 1. The molecule has 2 aromatic carbocycles. The number of amides is 1. The maximum Gasteiger partial charge on any atom is 0.395 e. The highest BCUT2D eigenvalue weighted by atomic mass is 35.5. The van der Waals surface area contributed by atoms with E-state index in [1.165, 1.54) is 32.1 Å². The van der Waals surface area contributed by atoms with Crippen LogP contribution in [0, 0.1) is 5.41 Å². The predicted molar refractivity (Wildman–Crippen MR) is 152 cm³/mol. The second-order valence-corrected chi connectivity index (χ2v) is 10.8. The Morgan fingerprint density at radius 3 is 2.15 bits per heavy atom. The molecule has 1 unspecified atom stereocenters. The summed E-state index contributed by atoms with van der Waals surface area (Å²) >= 11 is 6.09. The number of ether oxygens (including phenoxy) is 2. The maximum atomic E-state index is 12.3. The van der Waals surface area contributed by atoms with Crippen molar-refractivity contribution >= 4 is 30.0 Å². The van der Waals surface area contributed by atoms with Gasteiger partial charge in [-0.3, -0.25) is 9.59 Å². The maximum absolute atomic E-state index is 12.3. The van der Waals surface area contributed by atoms with Crippen LogP contribution >= 0.6 is 11.6 Å². The highest BCUT2D eigenvalue weighted by molar-refractivity contribution is 6.33. The summed E-state index contributed by atoms with van der Waals surface area (Å²) in [7, 11) is 4.68. The lowest BCUT2D eigenvalue weighted by Gasteiger charge is -2.45. The van der Waals surface area contributed by atoms with Crippen LogP contribution in [-0.2, 0) is 9.53 Å². The van der Waals surface area contributed by atoms with Crippen molar-refractivity contribution in [2.24, 2.45) is 5.41 Å². The van der Waals surface area contributed by atoms with Crippen molar-refractivity contribution in [3.8, 4) is 5.75 Å². The van der Waals surface area contributed by atoms with Crippen molar-refractivity contribution in [1.82, 2.24) is 4.90 Å². The summed E-state index contributed by atoms with van der Waals surface area (Å²) in [4.78, 5) is 23.6. The number of methoxy groups -OCH3 is 2. The van der Waals surface area contributed by atoms with Gasteiger partial charge in [-0.1, -0.05) is 23.7 Å². The minimum absolute atomic E-state index is 0.219. The molecule has 1 heterocycles. The van der Waals surface area contributed by atoms with Gasteiger partial charge in [-0.25, -0.2) is 0 Å². The van der Waals surface area contributed by atoms with E-state index < -0.39 is 12.1 Å². The third kappa shape index (κ3) is 10.0. The largest absolute Gasteiger partial charge is 0.497 e. The molecule has 2 fully saturated rings. The summed E-state index contributed by atoms with van der Waals surface area (Å²) in [5.74, 6) is -1.02. The third-order valence-corrected chi connectivity index (χ3v) is 7.96. The van der Waals surface area contributed by atoms with Crippen molar-refractivity contribution < 1.29 is 32.2 Å². The first-order valence-electron chi connectivity index (χ1n) is 13.3. The minimum Gasteiger partial charge on any atom is -0.497 e. The van der Waals surface area contributed by atoms with Crippen LogP contribution in [-0.4, -0.2) is 64.2 Å². The van der Waals surface area contributed by atoms with E-state index in [1.807, 2.05) is 17.0 Å². The number of carbonyl (C=O) groups is 2. The summed E-state index contributed by atoms with van der Waals surface area (Å²) in [6.45, 7) is 2.95. The van der Waals surface area contributed by atoms with Gasteiger partial charge in [-0.05, 0) is 86.8 Å². The van der Waals surface area contributed by atoms with Gasteiger partial charge in [0, 0.05) is 44.6 Å². The first-order valence-corrected chi connectivity index (χ1v) is 13.7. The zero-order valence-electron chi connectivity index (χ0n) is 23.6. The molecule has 1 amide bonds. The Morgan fingerprint density at radius 2 is 1.65 bits per heavy atom. The smallest absolute Gasteiger partial charge is 0.395 e. The Morgan fingerprint density at radius 1 is 1.02 bits per heavy atom. The van der Waals surface area contributed by atoms with Crippen molar-refractivity contribution in [3.05, 3.63) is 58.6 Å². The van der Waals surface area contributed by atoms with Gasteiger partial charge in [0.05, 0.1) is 18.1 Å². The number of nitrogens with zero attached hydrogens (tertiary/aromatic N) is 1. The van der Waals surface area contributed by atoms with E-state index in [9.17, 15) is 22.8 Å². The molecule has 4 rings (SSSR count). The summed E-state index contributed by atoms with van der Waals surface area (Å²) in [6.07, 6.45) is 4.56. The molecule has 0 bridgehead atoms.